The van der Waals surface area contributed by atoms with Crippen LogP contribution < -0.4 is 9.64 Å². The summed E-state index contributed by atoms with van der Waals surface area (Å²) < 4.78 is 13.0. The molecule has 42 heavy (non-hydrogen) atoms. The molecule has 10 heteroatoms. The molecular weight excluding hydrogens is 573 g/mol. The highest BCUT2D eigenvalue weighted by Gasteiger charge is 2.45. The van der Waals surface area contributed by atoms with Crippen LogP contribution in [0.2, 0.25) is 5.02 Å². The summed E-state index contributed by atoms with van der Waals surface area (Å²) in [5, 5.41) is 2.86. The average Bonchev–Trinajstić information content (AvgIpc) is 3.60. The van der Waals surface area contributed by atoms with Crippen molar-refractivity contribution in [1.29, 1.82) is 0 Å². The molecule has 4 aliphatic rings. The number of halogens is 2. The third-order valence-corrected chi connectivity index (χ3v) is 9.95. The predicted molar refractivity (Wildman–Crippen MR) is 164 cm³/mol. The van der Waals surface area contributed by atoms with Crippen LogP contribution in [-0.4, -0.2) is 77.1 Å². The number of aromatic nitrogens is 2. The van der Waals surface area contributed by atoms with E-state index in [-0.39, 0.29) is 22.6 Å². The Bertz CT molecular complexity index is 1520. The van der Waals surface area contributed by atoms with Gasteiger partial charge in [-0.25, -0.2) is 0 Å². The van der Waals surface area contributed by atoms with Crippen LogP contribution in [0, 0.1) is 0 Å². The summed E-state index contributed by atoms with van der Waals surface area (Å²) in [6, 6.07) is 12.6. The van der Waals surface area contributed by atoms with Crippen LogP contribution in [-0.2, 0) is 22.6 Å². The number of anilines is 1. The van der Waals surface area contributed by atoms with Crippen LogP contribution in [0.1, 0.15) is 48.6 Å². The molecule has 5 heterocycles. The Hall–Kier alpha value is -2.91. The zero-order valence-corrected chi connectivity index (χ0v) is 25.2. The molecule has 1 unspecified atom stereocenters. The molecule has 2 aromatic carbocycles. The van der Waals surface area contributed by atoms with Crippen molar-refractivity contribution in [2.45, 2.75) is 50.4 Å². The van der Waals surface area contributed by atoms with Gasteiger partial charge in [-0.1, -0.05) is 60.1 Å². The first-order valence-corrected chi connectivity index (χ1v) is 15.6. The second kappa shape index (κ2) is 11.3. The Morgan fingerprint density at radius 3 is 2.52 bits per heavy atom. The van der Waals surface area contributed by atoms with Crippen molar-refractivity contribution in [2.24, 2.45) is 0 Å². The molecule has 3 aromatic rings. The number of benzene rings is 2. The molecule has 220 valence electrons. The second-order valence-corrected chi connectivity index (χ2v) is 12.7. The molecule has 3 saturated heterocycles. The van der Waals surface area contributed by atoms with Crippen molar-refractivity contribution in [3.05, 3.63) is 69.9 Å². The van der Waals surface area contributed by atoms with Gasteiger partial charge in [-0.3, -0.25) is 9.69 Å². The van der Waals surface area contributed by atoms with E-state index in [2.05, 4.69) is 40.6 Å². The highest BCUT2D eigenvalue weighted by Crippen LogP contribution is 2.41. The van der Waals surface area contributed by atoms with Gasteiger partial charge in [0.2, 0.25) is 0 Å². The van der Waals surface area contributed by atoms with Crippen molar-refractivity contribution in [2.75, 3.05) is 50.8 Å². The number of amides is 1. The summed E-state index contributed by atoms with van der Waals surface area (Å²) in [4.78, 5) is 28.9. The van der Waals surface area contributed by atoms with Crippen molar-refractivity contribution in [1.82, 2.24) is 19.8 Å². The lowest BCUT2D eigenvalue weighted by molar-refractivity contribution is -0.126. The first-order valence-electron chi connectivity index (χ1n) is 14.9. The number of piperazine rings is 1. The highest BCUT2D eigenvalue weighted by atomic mass is 35.5. The van der Waals surface area contributed by atoms with Crippen LogP contribution in [0.4, 0.5) is 5.82 Å². The quantitative estimate of drug-likeness (QED) is 0.342. The molecule has 0 spiro atoms. The van der Waals surface area contributed by atoms with Gasteiger partial charge in [0.1, 0.15) is 12.4 Å². The van der Waals surface area contributed by atoms with E-state index in [9.17, 15) is 4.79 Å². The topological polar surface area (TPSA) is 71.0 Å². The van der Waals surface area contributed by atoms with E-state index in [0.717, 1.165) is 59.3 Å². The number of nitrogens with zero attached hydrogens (tertiary/aromatic N) is 5. The van der Waals surface area contributed by atoms with Gasteiger partial charge >= 0.3 is 6.01 Å². The summed E-state index contributed by atoms with van der Waals surface area (Å²) in [7, 11) is 0. The summed E-state index contributed by atoms with van der Waals surface area (Å²) in [5.74, 6) is 0.607. The lowest BCUT2D eigenvalue weighted by atomic mass is 9.94. The van der Waals surface area contributed by atoms with Gasteiger partial charge in [-0.2, -0.15) is 9.97 Å². The summed E-state index contributed by atoms with van der Waals surface area (Å²) in [5.41, 5.74) is 3.08. The van der Waals surface area contributed by atoms with Crippen molar-refractivity contribution < 1.29 is 14.3 Å². The third kappa shape index (κ3) is 5.02. The largest absolute Gasteiger partial charge is 0.461 e. The number of carbonyl (C=O) groups is 1. The molecule has 0 N–H and O–H groups in total. The van der Waals surface area contributed by atoms with Crippen LogP contribution in [0.5, 0.6) is 6.01 Å². The van der Waals surface area contributed by atoms with E-state index >= 15 is 0 Å². The minimum atomic E-state index is -0.220. The van der Waals surface area contributed by atoms with Crippen LogP contribution in [0.15, 0.2) is 48.0 Å². The van der Waals surface area contributed by atoms with Gasteiger partial charge in [0, 0.05) is 48.6 Å². The normalized spacial score (nSPS) is 21.8. The molecule has 0 radical (unpaired) electrons. The average molecular weight is 609 g/mol. The van der Waals surface area contributed by atoms with Gasteiger partial charge < -0.3 is 19.3 Å². The highest BCUT2D eigenvalue weighted by molar-refractivity contribution is 6.41. The van der Waals surface area contributed by atoms with E-state index in [4.69, 9.17) is 42.6 Å². The number of fused-ring (bicyclic) bond motifs is 3. The van der Waals surface area contributed by atoms with Gasteiger partial charge in [0.15, 0.2) is 0 Å². The molecule has 4 aliphatic heterocycles. The molecule has 1 amide bonds. The fraction of sp³-hybridized carbons (Fsp3) is 0.469. The maximum Gasteiger partial charge on any atom is 0.318 e. The number of ether oxygens (including phenoxy) is 2. The van der Waals surface area contributed by atoms with Gasteiger partial charge in [-0.15, -0.1) is 0 Å². The van der Waals surface area contributed by atoms with E-state index in [1.54, 1.807) is 4.90 Å². The predicted octanol–water partition coefficient (Wildman–Crippen LogP) is 5.51. The number of carbonyl (C=O) groups excluding carboxylic acids is 1. The van der Waals surface area contributed by atoms with E-state index < -0.39 is 0 Å². The molecule has 0 saturated carbocycles. The molecule has 7 rings (SSSR count). The number of rotatable bonds is 6. The lowest BCUT2D eigenvalue weighted by Gasteiger charge is -2.37. The monoisotopic (exact) mass is 607 g/mol. The third-order valence-electron chi connectivity index (χ3n) is 9.47. The van der Waals surface area contributed by atoms with Crippen LogP contribution >= 0.6 is 23.2 Å². The summed E-state index contributed by atoms with van der Waals surface area (Å²) >= 11 is 12.6. The molecular formula is C32H35Cl2N5O3. The maximum atomic E-state index is 12.4. The maximum absolute atomic E-state index is 12.4. The molecule has 8 nitrogen and oxygen atoms in total. The first kappa shape index (κ1) is 27.9. The zero-order valence-electron chi connectivity index (χ0n) is 23.7. The standard InChI is InChI=1S/C32H35Cl2N5O3/c1-21(33)30(40)38-16-14-37(15-17-38)29-24-19-41-27(23-8-2-6-22-7-3-9-25(34)28(22)23)18-26(24)35-31(36-29)42-20-32-10-4-12-39(32)13-5-11-32/h2-3,6-9,27H,1,4-5,10-20H2. The Morgan fingerprint density at radius 2 is 1.79 bits per heavy atom. The van der Waals surface area contributed by atoms with Crippen LogP contribution in [0.25, 0.3) is 10.8 Å². The van der Waals surface area contributed by atoms with E-state index in [1.807, 2.05) is 12.1 Å². The SMILES string of the molecule is C=C(Cl)C(=O)N1CCN(c2nc(OCC34CCCN3CCC4)nc3c2COC(c2cccc4cccc(Cl)c24)C3)CC1. The summed E-state index contributed by atoms with van der Waals surface area (Å²) in [6.07, 6.45) is 5.13. The minimum Gasteiger partial charge on any atom is -0.461 e. The molecule has 3 fully saturated rings. The number of hydrogen-bond acceptors (Lipinski definition) is 7. The van der Waals surface area contributed by atoms with Crippen molar-refractivity contribution in [3.8, 4) is 6.01 Å². The van der Waals surface area contributed by atoms with Gasteiger partial charge in [0.25, 0.3) is 5.91 Å². The van der Waals surface area contributed by atoms with Gasteiger partial charge in [-0.05, 0) is 55.8 Å². The molecule has 1 aromatic heterocycles. The fourth-order valence-corrected chi connectivity index (χ4v) is 7.71. The van der Waals surface area contributed by atoms with E-state index in [1.165, 1.54) is 12.8 Å². The van der Waals surface area contributed by atoms with Crippen molar-refractivity contribution in [3.63, 3.8) is 0 Å². The van der Waals surface area contributed by atoms with E-state index in [0.29, 0.717) is 56.8 Å². The molecule has 0 aliphatic carbocycles. The zero-order chi connectivity index (χ0) is 28.8. The minimum absolute atomic E-state index is 0.0405. The smallest absolute Gasteiger partial charge is 0.318 e. The molecule has 1 atom stereocenters. The number of hydrogen-bond donors (Lipinski definition) is 0. The fourth-order valence-electron chi connectivity index (χ4n) is 7.30. The van der Waals surface area contributed by atoms with Crippen molar-refractivity contribution >= 4 is 45.7 Å². The Kier molecular flexibility index (Phi) is 7.51. The van der Waals surface area contributed by atoms with Gasteiger partial charge in [0.05, 0.1) is 29.0 Å². The summed E-state index contributed by atoms with van der Waals surface area (Å²) in [6.45, 7) is 9.19. The first-order chi connectivity index (χ1) is 20.4. The Balaban J connectivity index is 1.20. The lowest BCUT2D eigenvalue weighted by Crippen LogP contribution is -2.49. The Labute approximate surface area is 256 Å². The second-order valence-electron chi connectivity index (χ2n) is 11.8. The van der Waals surface area contributed by atoms with Crippen LogP contribution in [0.3, 0.4) is 0 Å². The molecule has 0 bridgehead atoms. The Morgan fingerprint density at radius 1 is 1.05 bits per heavy atom.